The fourth-order valence-electron chi connectivity index (χ4n) is 8.22. The molecule has 0 saturated carbocycles. The van der Waals surface area contributed by atoms with Crippen molar-refractivity contribution >= 4 is 82.7 Å². The second kappa shape index (κ2) is 13.6. The van der Waals surface area contributed by atoms with Crippen molar-refractivity contribution in [1.29, 1.82) is 0 Å². The van der Waals surface area contributed by atoms with Gasteiger partial charge in [-0.1, -0.05) is 116 Å². The summed E-state index contributed by atoms with van der Waals surface area (Å²) in [6.07, 6.45) is 8.21. The van der Waals surface area contributed by atoms with Crippen LogP contribution in [-0.2, 0) is 6.54 Å². The first-order valence-electron chi connectivity index (χ1n) is 18.6. The number of hydrogen-bond acceptors (Lipinski definition) is 3. The molecule has 0 radical (unpaired) electrons. The van der Waals surface area contributed by atoms with Crippen molar-refractivity contribution in [3.63, 3.8) is 0 Å². The number of allylic oxidation sites excluding steroid dienone is 1. The Morgan fingerprint density at radius 1 is 0.655 bits per heavy atom. The second-order valence-electron chi connectivity index (χ2n) is 13.9. The maximum absolute atomic E-state index is 6.43. The summed E-state index contributed by atoms with van der Waals surface area (Å²) in [7, 11) is 0. The highest BCUT2D eigenvalue weighted by atomic mass is 32.1. The quantitative estimate of drug-likeness (QED) is 0.144. The maximum atomic E-state index is 6.43. The molecule has 0 unspecified atom stereocenters. The van der Waals surface area contributed by atoms with Gasteiger partial charge in [-0.15, -0.1) is 11.3 Å². The van der Waals surface area contributed by atoms with Crippen LogP contribution in [0.5, 0.6) is 0 Å². The van der Waals surface area contributed by atoms with Gasteiger partial charge >= 0.3 is 0 Å². The molecule has 262 valence electrons. The molecule has 0 atom stereocenters. The number of aromatic nitrogens is 1. The monoisotopic (exact) mass is 724 g/mol. The first-order chi connectivity index (χ1) is 27.2. The van der Waals surface area contributed by atoms with E-state index in [0.717, 1.165) is 55.5 Å². The Kier molecular flexibility index (Phi) is 8.12. The van der Waals surface area contributed by atoms with Crippen molar-refractivity contribution in [2.24, 2.45) is 4.99 Å². The Labute approximate surface area is 323 Å². The largest absolute Gasteiger partial charge is 0.456 e. The molecular formula is C51H36N2OS. The van der Waals surface area contributed by atoms with Crippen LogP contribution >= 0.6 is 11.3 Å². The van der Waals surface area contributed by atoms with E-state index in [9.17, 15) is 0 Å². The molecular weight excluding hydrogens is 689 g/mol. The number of aliphatic imine (C=N–C) groups is 1. The third-order valence-corrected chi connectivity index (χ3v) is 11.7. The maximum Gasteiger partial charge on any atom is 0.136 e. The molecule has 0 aliphatic heterocycles. The van der Waals surface area contributed by atoms with Crippen molar-refractivity contribution < 1.29 is 4.42 Å². The van der Waals surface area contributed by atoms with E-state index in [-0.39, 0.29) is 0 Å². The SMILES string of the molecule is C=Cc1c(/C=C\C)n(-c2ccccc2)c2ccc(CN=Cc3cccc4oc5ccc(-c6cccc7sc8cccc(-c9ccccc9)c8c67)cc5c34)cc12. The standard InChI is InChI=1S/C51H36N2OS/c1-3-14-43-38(4-2)41-29-33(25-27-44(41)53(43)37-18-9-6-10-19-37)31-52-32-36-17-11-22-46-49(36)42-30-35(26-28-45(42)54-46)40-21-13-24-48-51(40)50-39(20-12-23-47(50)55-48)34-15-7-5-8-16-34/h3-30,32H,2,31H2,1H3/b14-3-,52-32?. The molecule has 0 bridgehead atoms. The van der Waals surface area contributed by atoms with Crippen LogP contribution in [0.1, 0.15) is 29.3 Å². The lowest BCUT2D eigenvalue weighted by molar-refractivity contribution is 0.669. The van der Waals surface area contributed by atoms with E-state index >= 15 is 0 Å². The molecule has 0 saturated heterocycles. The molecule has 0 spiro atoms. The number of para-hydroxylation sites is 1. The second-order valence-corrected chi connectivity index (χ2v) is 14.9. The number of rotatable bonds is 8. The van der Waals surface area contributed by atoms with Gasteiger partial charge in [-0.25, -0.2) is 0 Å². The van der Waals surface area contributed by atoms with Crippen LogP contribution in [0.25, 0.3) is 93.1 Å². The molecule has 10 aromatic rings. The average Bonchev–Trinajstić information content (AvgIpc) is 3.90. The highest BCUT2D eigenvalue weighted by Crippen LogP contribution is 2.45. The summed E-state index contributed by atoms with van der Waals surface area (Å²) in [6.45, 7) is 6.80. The lowest BCUT2D eigenvalue weighted by Gasteiger charge is -2.09. The predicted molar refractivity (Wildman–Crippen MR) is 237 cm³/mol. The normalized spacial score (nSPS) is 12.1. The molecule has 10 rings (SSSR count). The minimum absolute atomic E-state index is 0.552. The molecule has 0 aliphatic carbocycles. The first kappa shape index (κ1) is 32.9. The molecule has 3 nitrogen and oxygen atoms in total. The molecule has 3 heterocycles. The summed E-state index contributed by atoms with van der Waals surface area (Å²) >= 11 is 1.86. The van der Waals surface area contributed by atoms with Crippen LogP contribution in [0.3, 0.4) is 0 Å². The van der Waals surface area contributed by atoms with Gasteiger partial charge in [0.05, 0.1) is 17.8 Å². The molecule has 0 amide bonds. The van der Waals surface area contributed by atoms with Crippen LogP contribution in [0.4, 0.5) is 0 Å². The summed E-state index contributed by atoms with van der Waals surface area (Å²) in [6, 6.07) is 54.1. The van der Waals surface area contributed by atoms with E-state index in [1.165, 1.54) is 47.8 Å². The average molecular weight is 725 g/mol. The Morgan fingerprint density at radius 3 is 2.13 bits per heavy atom. The van der Waals surface area contributed by atoms with Gasteiger partial charge in [0.1, 0.15) is 11.2 Å². The summed E-state index contributed by atoms with van der Waals surface area (Å²) < 4.78 is 11.3. The highest BCUT2D eigenvalue weighted by molar-refractivity contribution is 7.26. The number of thiophene rings is 1. The van der Waals surface area contributed by atoms with Gasteiger partial charge in [0.2, 0.25) is 0 Å². The van der Waals surface area contributed by atoms with Gasteiger partial charge in [0, 0.05) is 59.4 Å². The first-order valence-corrected chi connectivity index (χ1v) is 19.4. The Hall–Kier alpha value is -6.75. The van der Waals surface area contributed by atoms with Crippen LogP contribution in [0.15, 0.2) is 174 Å². The van der Waals surface area contributed by atoms with E-state index in [1.54, 1.807) is 0 Å². The fraction of sp³-hybridized carbons (Fsp3) is 0.0392. The number of furan rings is 1. The summed E-state index contributed by atoms with van der Waals surface area (Å²) in [5.41, 5.74) is 13.3. The zero-order chi connectivity index (χ0) is 36.9. The minimum Gasteiger partial charge on any atom is -0.456 e. The third kappa shape index (κ3) is 5.53. The van der Waals surface area contributed by atoms with E-state index in [2.05, 4.69) is 176 Å². The van der Waals surface area contributed by atoms with Gasteiger partial charge in [-0.2, -0.15) is 0 Å². The molecule has 0 fully saturated rings. The number of fused-ring (bicyclic) bond motifs is 7. The Bertz CT molecular complexity index is 3140. The summed E-state index contributed by atoms with van der Waals surface area (Å²) in [4.78, 5) is 5.01. The molecule has 3 aromatic heterocycles. The van der Waals surface area contributed by atoms with E-state index < -0.39 is 0 Å². The van der Waals surface area contributed by atoms with Gasteiger partial charge in [0.25, 0.3) is 0 Å². The van der Waals surface area contributed by atoms with Crippen molar-refractivity contribution in [2.75, 3.05) is 0 Å². The summed E-state index contributed by atoms with van der Waals surface area (Å²) in [5, 5.41) is 5.94. The van der Waals surface area contributed by atoms with Crippen molar-refractivity contribution in [3.8, 4) is 27.9 Å². The van der Waals surface area contributed by atoms with Crippen LogP contribution < -0.4 is 0 Å². The van der Waals surface area contributed by atoms with E-state index in [4.69, 9.17) is 9.41 Å². The van der Waals surface area contributed by atoms with E-state index in [0.29, 0.717) is 6.54 Å². The molecule has 4 heteroatoms. The fourth-order valence-corrected chi connectivity index (χ4v) is 9.37. The van der Waals surface area contributed by atoms with Gasteiger partial charge in [-0.05, 0) is 95.4 Å². The summed E-state index contributed by atoms with van der Waals surface area (Å²) in [5.74, 6) is 0. The van der Waals surface area contributed by atoms with Crippen LogP contribution in [0.2, 0.25) is 0 Å². The highest BCUT2D eigenvalue weighted by Gasteiger charge is 2.18. The third-order valence-electron chi connectivity index (χ3n) is 10.6. The zero-order valence-electron chi connectivity index (χ0n) is 30.4. The molecule has 0 aliphatic rings. The molecule has 7 aromatic carbocycles. The Morgan fingerprint density at radius 2 is 1.38 bits per heavy atom. The lowest BCUT2D eigenvalue weighted by atomic mass is 9.94. The number of nitrogens with zero attached hydrogens (tertiary/aromatic N) is 2. The predicted octanol–water partition coefficient (Wildman–Crippen LogP) is 14.5. The van der Waals surface area contributed by atoms with E-state index in [1.807, 2.05) is 29.7 Å². The van der Waals surface area contributed by atoms with Crippen LogP contribution in [-0.4, -0.2) is 10.8 Å². The van der Waals surface area contributed by atoms with Crippen LogP contribution in [0, 0.1) is 0 Å². The lowest BCUT2D eigenvalue weighted by Crippen LogP contribution is -1.96. The zero-order valence-corrected chi connectivity index (χ0v) is 31.2. The number of benzene rings is 7. The van der Waals surface area contributed by atoms with Crippen molar-refractivity contribution in [1.82, 2.24) is 4.57 Å². The van der Waals surface area contributed by atoms with Crippen molar-refractivity contribution in [3.05, 3.63) is 187 Å². The van der Waals surface area contributed by atoms with Crippen molar-refractivity contribution in [2.45, 2.75) is 13.5 Å². The topological polar surface area (TPSA) is 30.4 Å². The smallest absolute Gasteiger partial charge is 0.136 e. The van der Waals surface area contributed by atoms with Gasteiger partial charge in [0.15, 0.2) is 0 Å². The Balaban J connectivity index is 1.05. The minimum atomic E-state index is 0.552. The number of hydrogen-bond donors (Lipinski definition) is 0. The van der Waals surface area contributed by atoms with Gasteiger partial charge in [-0.3, -0.25) is 4.99 Å². The molecule has 0 N–H and O–H groups in total. The van der Waals surface area contributed by atoms with Gasteiger partial charge < -0.3 is 8.98 Å². The molecule has 55 heavy (non-hydrogen) atoms.